The lowest BCUT2D eigenvalue weighted by Crippen LogP contribution is -2.50. The van der Waals surface area contributed by atoms with Crippen molar-refractivity contribution >= 4 is 51.3 Å². The molecule has 35 heavy (non-hydrogen) atoms. The summed E-state index contributed by atoms with van der Waals surface area (Å²) in [5, 5.41) is 7.06. The molecule has 2 aromatic heterocycles. The predicted octanol–water partition coefficient (Wildman–Crippen LogP) is 4.23. The van der Waals surface area contributed by atoms with Crippen molar-refractivity contribution in [1.82, 2.24) is 24.6 Å². The topological polar surface area (TPSA) is 77.8 Å². The SMILES string of the molecule is Cc1cccc(Cl)c1Nc1nc2cc(N3CCN(CC(=O)NC(C)C)CC3)ccc2n2cncc12. The average molecular weight is 492 g/mol. The van der Waals surface area contributed by atoms with Crippen LogP contribution < -0.4 is 15.5 Å². The average Bonchev–Trinajstić information content (AvgIpc) is 3.32. The van der Waals surface area contributed by atoms with Crippen LogP contribution >= 0.6 is 11.6 Å². The Bertz CT molecular complexity index is 1350. The Labute approximate surface area is 209 Å². The molecule has 0 spiro atoms. The third-order valence-corrected chi connectivity index (χ3v) is 6.67. The number of aromatic nitrogens is 3. The lowest BCUT2D eigenvalue weighted by Gasteiger charge is -2.35. The van der Waals surface area contributed by atoms with E-state index >= 15 is 0 Å². The first-order chi connectivity index (χ1) is 16.9. The van der Waals surface area contributed by atoms with Crippen LogP contribution in [0.1, 0.15) is 19.4 Å². The number of carbonyl (C=O) groups is 1. The summed E-state index contributed by atoms with van der Waals surface area (Å²) >= 11 is 6.47. The van der Waals surface area contributed by atoms with E-state index in [0.29, 0.717) is 17.4 Å². The predicted molar refractivity (Wildman–Crippen MR) is 142 cm³/mol. The Morgan fingerprint density at radius 2 is 1.91 bits per heavy atom. The zero-order valence-electron chi connectivity index (χ0n) is 20.3. The molecule has 4 aromatic rings. The van der Waals surface area contributed by atoms with E-state index < -0.39 is 0 Å². The van der Waals surface area contributed by atoms with Crippen LogP contribution in [0, 0.1) is 6.92 Å². The van der Waals surface area contributed by atoms with Crippen molar-refractivity contribution in [2.75, 3.05) is 42.9 Å². The maximum absolute atomic E-state index is 12.1. The van der Waals surface area contributed by atoms with Crippen LogP contribution in [0.2, 0.25) is 5.02 Å². The summed E-state index contributed by atoms with van der Waals surface area (Å²) in [7, 11) is 0. The van der Waals surface area contributed by atoms with Gasteiger partial charge in [0.1, 0.15) is 5.52 Å². The van der Waals surface area contributed by atoms with Gasteiger partial charge in [0.2, 0.25) is 5.91 Å². The van der Waals surface area contributed by atoms with Crippen molar-refractivity contribution in [3.63, 3.8) is 0 Å². The molecule has 1 amide bonds. The Kier molecular flexibility index (Phi) is 6.49. The summed E-state index contributed by atoms with van der Waals surface area (Å²) in [5.74, 6) is 0.797. The van der Waals surface area contributed by atoms with Crippen LogP contribution in [-0.2, 0) is 4.79 Å². The van der Waals surface area contributed by atoms with E-state index in [1.54, 1.807) is 0 Å². The maximum atomic E-state index is 12.1. The fourth-order valence-electron chi connectivity index (χ4n) is 4.58. The van der Waals surface area contributed by atoms with Crippen LogP contribution in [0.3, 0.4) is 0 Å². The van der Waals surface area contributed by atoms with Crippen LogP contribution in [0.25, 0.3) is 16.6 Å². The second kappa shape index (κ2) is 9.71. The highest BCUT2D eigenvalue weighted by molar-refractivity contribution is 6.33. The number of carbonyl (C=O) groups excluding carboxylic acids is 1. The van der Waals surface area contributed by atoms with Crippen LogP contribution in [0.15, 0.2) is 48.9 Å². The molecule has 1 saturated heterocycles. The number of hydrogen-bond acceptors (Lipinski definition) is 6. The van der Waals surface area contributed by atoms with Crippen molar-refractivity contribution in [1.29, 1.82) is 0 Å². The van der Waals surface area contributed by atoms with Crippen LogP contribution in [0.5, 0.6) is 0 Å². The number of piperazine rings is 1. The van der Waals surface area contributed by atoms with Crippen LogP contribution in [-0.4, -0.2) is 63.9 Å². The van der Waals surface area contributed by atoms with Crippen molar-refractivity contribution in [3.8, 4) is 0 Å². The Balaban J connectivity index is 1.39. The minimum atomic E-state index is 0.0847. The number of anilines is 3. The van der Waals surface area contributed by atoms with Crippen molar-refractivity contribution < 1.29 is 4.79 Å². The molecule has 1 aliphatic heterocycles. The molecule has 0 bridgehead atoms. The van der Waals surface area contributed by atoms with Gasteiger partial charge in [0.15, 0.2) is 5.82 Å². The van der Waals surface area contributed by atoms with Gasteiger partial charge < -0.3 is 15.5 Å². The summed E-state index contributed by atoms with van der Waals surface area (Å²) in [4.78, 5) is 26.0. The molecule has 1 aliphatic rings. The second-order valence-electron chi connectivity index (χ2n) is 9.32. The smallest absolute Gasteiger partial charge is 0.234 e. The molecule has 0 unspecified atom stereocenters. The lowest BCUT2D eigenvalue weighted by molar-refractivity contribution is -0.122. The van der Waals surface area contributed by atoms with Crippen molar-refractivity contribution in [3.05, 3.63) is 59.5 Å². The molecular weight excluding hydrogens is 462 g/mol. The zero-order valence-corrected chi connectivity index (χ0v) is 21.0. The number of fused-ring (bicyclic) bond motifs is 3. The first-order valence-corrected chi connectivity index (χ1v) is 12.3. The number of amides is 1. The Hall–Kier alpha value is -3.36. The highest BCUT2D eigenvalue weighted by Gasteiger charge is 2.20. The fraction of sp³-hybridized carbons (Fsp3) is 0.346. The molecule has 5 rings (SSSR count). The number of rotatable bonds is 6. The summed E-state index contributed by atoms with van der Waals surface area (Å²) in [6.07, 6.45) is 3.62. The third-order valence-electron chi connectivity index (χ3n) is 6.35. The normalized spacial score (nSPS) is 14.7. The molecule has 0 atom stereocenters. The van der Waals surface area contributed by atoms with Crippen molar-refractivity contribution in [2.24, 2.45) is 0 Å². The number of benzene rings is 2. The molecule has 3 heterocycles. The summed E-state index contributed by atoms with van der Waals surface area (Å²) in [5.41, 5.74) is 5.77. The van der Waals surface area contributed by atoms with Crippen LogP contribution in [0.4, 0.5) is 17.2 Å². The van der Waals surface area contributed by atoms with Gasteiger partial charge in [0.05, 0.1) is 40.8 Å². The standard InChI is InChI=1S/C26H30ClN7O/c1-17(2)29-24(35)15-32-9-11-33(12-10-32)19-7-8-22-21(13-19)30-26(23-14-28-16-34(22)23)31-25-18(3)5-4-6-20(25)27/h4-8,13-14,16-17H,9-12,15H2,1-3H3,(H,29,35)(H,30,31). The molecule has 2 aromatic carbocycles. The first kappa shape index (κ1) is 23.4. The number of nitrogens with one attached hydrogen (secondary N) is 2. The van der Waals surface area contributed by atoms with Gasteiger partial charge in [-0.25, -0.2) is 9.97 Å². The molecule has 0 aliphatic carbocycles. The molecule has 9 heteroatoms. The van der Waals surface area contributed by atoms with Gasteiger partial charge in [-0.3, -0.25) is 14.1 Å². The van der Waals surface area contributed by atoms with E-state index in [1.807, 2.05) is 55.9 Å². The number of aryl methyl sites for hydroxylation is 1. The summed E-state index contributed by atoms with van der Waals surface area (Å²) < 4.78 is 2.05. The molecular formula is C26H30ClN7O. The van der Waals surface area contributed by atoms with E-state index in [1.165, 1.54) is 0 Å². The first-order valence-electron chi connectivity index (χ1n) is 11.9. The Morgan fingerprint density at radius 3 is 2.66 bits per heavy atom. The van der Waals surface area contributed by atoms with Gasteiger partial charge in [-0.2, -0.15) is 0 Å². The molecule has 0 radical (unpaired) electrons. The monoisotopic (exact) mass is 491 g/mol. The summed E-state index contributed by atoms with van der Waals surface area (Å²) in [6, 6.07) is 12.4. The Morgan fingerprint density at radius 1 is 1.11 bits per heavy atom. The fourth-order valence-corrected chi connectivity index (χ4v) is 4.85. The number of nitrogens with zero attached hydrogens (tertiary/aromatic N) is 5. The van der Waals surface area contributed by atoms with E-state index in [4.69, 9.17) is 16.6 Å². The third kappa shape index (κ3) is 4.90. The van der Waals surface area contributed by atoms with Gasteiger partial charge in [-0.15, -0.1) is 0 Å². The number of imidazole rings is 1. The van der Waals surface area contributed by atoms with E-state index in [9.17, 15) is 4.79 Å². The minimum absolute atomic E-state index is 0.0847. The molecule has 182 valence electrons. The molecule has 8 nitrogen and oxygen atoms in total. The highest BCUT2D eigenvalue weighted by atomic mass is 35.5. The highest BCUT2D eigenvalue weighted by Crippen LogP contribution is 2.32. The maximum Gasteiger partial charge on any atom is 0.234 e. The molecule has 1 fully saturated rings. The largest absolute Gasteiger partial charge is 0.369 e. The number of halogens is 1. The number of para-hydroxylation sites is 1. The van der Waals surface area contributed by atoms with Gasteiger partial charge in [-0.1, -0.05) is 23.7 Å². The minimum Gasteiger partial charge on any atom is -0.369 e. The van der Waals surface area contributed by atoms with Gasteiger partial charge in [0.25, 0.3) is 0 Å². The van der Waals surface area contributed by atoms with E-state index in [2.05, 4.69) is 43.6 Å². The van der Waals surface area contributed by atoms with Gasteiger partial charge >= 0.3 is 0 Å². The quantitative estimate of drug-likeness (QED) is 0.420. The molecule has 2 N–H and O–H groups in total. The molecule has 0 saturated carbocycles. The van der Waals surface area contributed by atoms with Gasteiger partial charge in [0, 0.05) is 37.9 Å². The van der Waals surface area contributed by atoms with E-state index in [0.717, 1.165) is 59.7 Å². The lowest BCUT2D eigenvalue weighted by atomic mass is 10.2. The zero-order chi connectivity index (χ0) is 24.5. The van der Waals surface area contributed by atoms with Gasteiger partial charge in [-0.05, 0) is 50.6 Å². The second-order valence-corrected chi connectivity index (χ2v) is 9.73. The van der Waals surface area contributed by atoms with Crippen molar-refractivity contribution in [2.45, 2.75) is 26.8 Å². The van der Waals surface area contributed by atoms with E-state index in [-0.39, 0.29) is 11.9 Å². The summed E-state index contributed by atoms with van der Waals surface area (Å²) in [6.45, 7) is 9.84. The number of hydrogen-bond donors (Lipinski definition) is 2.